The lowest BCUT2D eigenvalue weighted by molar-refractivity contribution is -0.141. The van der Waals surface area contributed by atoms with Crippen LogP contribution < -0.4 is 0 Å². The zero-order valence-electron chi connectivity index (χ0n) is 14.9. The molecule has 1 fully saturated rings. The summed E-state index contributed by atoms with van der Waals surface area (Å²) in [5.74, 6) is -0.512. The van der Waals surface area contributed by atoms with E-state index < -0.39 is 12.1 Å². The summed E-state index contributed by atoms with van der Waals surface area (Å²) in [6.07, 6.45) is 0.932. The van der Waals surface area contributed by atoms with Gasteiger partial charge in [0.2, 0.25) is 0 Å². The van der Waals surface area contributed by atoms with Crippen LogP contribution in [0.15, 0.2) is 53.1 Å². The van der Waals surface area contributed by atoms with E-state index in [2.05, 4.69) is 4.98 Å². The minimum atomic E-state index is -0.942. The number of furan rings is 1. The fourth-order valence-electron chi connectivity index (χ4n) is 3.13. The van der Waals surface area contributed by atoms with E-state index in [0.717, 1.165) is 5.56 Å². The summed E-state index contributed by atoms with van der Waals surface area (Å²) in [7, 11) is 0. The first-order valence-electron chi connectivity index (χ1n) is 8.84. The van der Waals surface area contributed by atoms with Gasteiger partial charge in [0.15, 0.2) is 10.8 Å². The van der Waals surface area contributed by atoms with E-state index in [9.17, 15) is 9.59 Å². The number of thiazole rings is 1. The number of benzene rings is 1. The Morgan fingerprint density at radius 3 is 2.75 bits per heavy atom. The van der Waals surface area contributed by atoms with Crippen molar-refractivity contribution in [2.75, 3.05) is 19.7 Å². The van der Waals surface area contributed by atoms with Crippen LogP contribution in [0.1, 0.15) is 16.1 Å². The third-order valence-corrected chi connectivity index (χ3v) is 5.49. The van der Waals surface area contributed by atoms with Crippen molar-refractivity contribution in [3.05, 3.63) is 53.6 Å². The zero-order chi connectivity index (χ0) is 19.5. The van der Waals surface area contributed by atoms with Gasteiger partial charge in [-0.05, 0) is 12.1 Å². The second kappa shape index (κ2) is 7.95. The smallest absolute Gasteiger partial charge is 0.306 e. The van der Waals surface area contributed by atoms with Gasteiger partial charge in [-0.3, -0.25) is 9.59 Å². The third kappa shape index (κ3) is 3.83. The minimum Gasteiger partial charge on any atom is -0.481 e. The molecule has 144 valence electrons. The van der Waals surface area contributed by atoms with Crippen molar-refractivity contribution in [3.8, 4) is 22.0 Å². The van der Waals surface area contributed by atoms with Crippen molar-refractivity contribution in [1.29, 1.82) is 0 Å². The summed E-state index contributed by atoms with van der Waals surface area (Å²) in [4.78, 5) is 31.1. The van der Waals surface area contributed by atoms with Crippen LogP contribution in [0, 0.1) is 0 Å². The summed E-state index contributed by atoms with van der Waals surface area (Å²) in [5, 5.41) is 9.63. The normalized spacial score (nSPS) is 16.9. The molecule has 0 bridgehead atoms. The van der Waals surface area contributed by atoms with Gasteiger partial charge < -0.3 is 19.2 Å². The molecule has 1 aliphatic rings. The molecule has 3 heterocycles. The number of amides is 1. The summed E-state index contributed by atoms with van der Waals surface area (Å²) in [6, 6.07) is 13.1. The van der Waals surface area contributed by atoms with Crippen LogP contribution >= 0.6 is 11.3 Å². The second-order valence-electron chi connectivity index (χ2n) is 6.38. The summed E-state index contributed by atoms with van der Waals surface area (Å²) < 4.78 is 10.9. The molecule has 7 nitrogen and oxygen atoms in total. The highest BCUT2D eigenvalue weighted by molar-refractivity contribution is 7.17. The van der Waals surface area contributed by atoms with Crippen LogP contribution in [0.2, 0.25) is 0 Å². The lowest BCUT2D eigenvalue weighted by Gasteiger charge is -2.32. The van der Waals surface area contributed by atoms with Crippen LogP contribution in [0.5, 0.6) is 0 Å². The van der Waals surface area contributed by atoms with Crippen LogP contribution in [0.3, 0.4) is 0 Å². The average molecular weight is 398 g/mol. The molecular formula is C20H18N2O5S. The number of rotatable bonds is 5. The number of ether oxygens (including phenoxy) is 1. The highest BCUT2D eigenvalue weighted by atomic mass is 32.1. The molecule has 1 aliphatic heterocycles. The van der Waals surface area contributed by atoms with E-state index >= 15 is 0 Å². The summed E-state index contributed by atoms with van der Waals surface area (Å²) in [6.45, 7) is 0.971. The Hall–Kier alpha value is -2.97. The molecule has 1 atom stereocenters. The Balaban J connectivity index is 1.67. The molecule has 3 aromatic rings. The van der Waals surface area contributed by atoms with Gasteiger partial charge in [-0.25, -0.2) is 4.98 Å². The van der Waals surface area contributed by atoms with Gasteiger partial charge in [0.25, 0.3) is 5.91 Å². The maximum absolute atomic E-state index is 13.3. The van der Waals surface area contributed by atoms with Crippen molar-refractivity contribution in [2.45, 2.75) is 12.5 Å². The SMILES string of the molecule is O=C(O)C[C@H]1CN(C(=O)c2sc(-c3ccco3)nc2-c2ccccc2)CCO1. The topological polar surface area (TPSA) is 92.9 Å². The first kappa shape index (κ1) is 18.4. The molecule has 8 heteroatoms. The Morgan fingerprint density at radius 1 is 1.21 bits per heavy atom. The number of hydrogen-bond donors (Lipinski definition) is 1. The molecule has 0 unspecified atom stereocenters. The van der Waals surface area contributed by atoms with Crippen molar-refractivity contribution in [1.82, 2.24) is 9.88 Å². The highest BCUT2D eigenvalue weighted by Gasteiger charge is 2.30. The molecule has 0 aliphatic carbocycles. The number of carboxylic acids is 1. The first-order chi connectivity index (χ1) is 13.6. The quantitative estimate of drug-likeness (QED) is 0.708. The second-order valence-corrected chi connectivity index (χ2v) is 7.38. The molecule has 0 spiro atoms. The average Bonchev–Trinajstić information content (AvgIpc) is 3.37. The van der Waals surface area contributed by atoms with Gasteiger partial charge in [-0.2, -0.15) is 0 Å². The van der Waals surface area contributed by atoms with Gasteiger partial charge >= 0.3 is 5.97 Å². The van der Waals surface area contributed by atoms with Crippen molar-refractivity contribution in [3.63, 3.8) is 0 Å². The molecule has 1 N–H and O–H groups in total. The maximum Gasteiger partial charge on any atom is 0.306 e. The number of hydrogen-bond acceptors (Lipinski definition) is 6. The number of aromatic nitrogens is 1. The lowest BCUT2D eigenvalue weighted by atomic mass is 10.1. The molecular weight excluding hydrogens is 380 g/mol. The molecule has 0 radical (unpaired) electrons. The van der Waals surface area contributed by atoms with Crippen molar-refractivity contribution in [2.24, 2.45) is 0 Å². The largest absolute Gasteiger partial charge is 0.481 e. The Kier molecular flexibility index (Phi) is 5.23. The van der Waals surface area contributed by atoms with E-state index in [0.29, 0.717) is 34.5 Å². The van der Waals surface area contributed by atoms with E-state index in [-0.39, 0.29) is 18.9 Å². The summed E-state index contributed by atoms with van der Waals surface area (Å²) >= 11 is 1.28. The van der Waals surface area contributed by atoms with Crippen LogP contribution in [0.4, 0.5) is 0 Å². The van der Waals surface area contributed by atoms with E-state index in [1.807, 2.05) is 30.3 Å². The maximum atomic E-state index is 13.3. The number of aliphatic carboxylic acids is 1. The highest BCUT2D eigenvalue weighted by Crippen LogP contribution is 2.35. The third-order valence-electron chi connectivity index (χ3n) is 4.43. The molecule has 1 aromatic carbocycles. The number of morpholine rings is 1. The Morgan fingerprint density at radius 2 is 2.04 bits per heavy atom. The fraction of sp³-hybridized carbons (Fsp3) is 0.250. The van der Waals surface area contributed by atoms with Crippen LogP contribution in [-0.4, -0.2) is 52.7 Å². The zero-order valence-corrected chi connectivity index (χ0v) is 15.7. The van der Waals surface area contributed by atoms with Crippen molar-refractivity contribution < 1.29 is 23.8 Å². The van der Waals surface area contributed by atoms with Crippen LogP contribution in [0.25, 0.3) is 22.0 Å². The molecule has 1 amide bonds. The predicted octanol–water partition coefficient (Wildman–Crippen LogP) is 3.39. The minimum absolute atomic E-state index is 0.129. The van der Waals surface area contributed by atoms with Gasteiger partial charge in [-0.15, -0.1) is 11.3 Å². The van der Waals surface area contributed by atoms with E-state index in [1.54, 1.807) is 23.3 Å². The number of carboxylic acid groups (broad SMARTS) is 1. The lowest BCUT2D eigenvalue weighted by Crippen LogP contribution is -2.46. The van der Waals surface area contributed by atoms with Gasteiger partial charge in [0.1, 0.15) is 4.88 Å². The summed E-state index contributed by atoms with van der Waals surface area (Å²) in [5.41, 5.74) is 1.44. The van der Waals surface area contributed by atoms with Gasteiger partial charge in [-0.1, -0.05) is 30.3 Å². The standard InChI is InChI=1S/C20H18N2O5S/c23-16(24)11-14-12-22(8-10-26-14)20(25)18-17(13-5-2-1-3-6-13)21-19(28-18)15-7-4-9-27-15/h1-7,9,14H,8,10-12H2,(H,23,24)/t14-/m0/s1. The Labute approximate surface area is 165 Å². The molecule has 1 saturated heterocycles. The molecule has 4 rings (SSSR count). The molecule has 28 heavy (non-hydrogen) atoms. The van der Waals surface area contributed by atoms with Crippen molar-refractivity contribution >= 4 is 23.2 Å². The monoisotopic (exact) mass is 398 g/mol. The van der Waals surface area contributed by atoms with Gasteiger partial charge in [0.05, 0.1) is 31.1 Å². The fourth-order valence-corrected chi connectivity index (χ4v) is 4.15. The van der Waals surface area contributed by atoms with Gasteiger partial charge in [0, 0.05) is 18.7 Å². The number of carbonyl (C=O) groups is 2. The number of carbonyl (C=O) groups excluding carboxylic acids is 1. The predicted molar refractivity (Wildman–Crippen MR) is 103 cm³/mol. The molecule has 0 saturated carbocycles. The molecule has 2 aromatic heterocycles. The number of nitrogens with zero attached hydrogens (tertiary/aromatic N) is 2. The first-order valence-corrected chi connectivity index (χ1v) is 9.66. The van der Waals surface area contributed by atoms with Crippen LogP contribution in [-0.2, 0) is 9.53 Å². The van der Waals surface area contributed by atoms with E-state index in [4.69, 9.17) is 14.3 Å². The Bertz CT molecular complexity index is 968. The van der Waals surface area contributed by atoms with E-state index in [1.165, 1.54) is 11.3 Å².